The number of rotatable bonds is 0. The summed E-state index contributed by atoms with van der Waals surface area (Å²) < 4.78 is 0. The number of nitrogens with one attached hydrogen (secondary N) is 1. The van der Waals surface area contributed by atoms with Gasteiger partial charge >= 0.3 is 0 Å². The van der Waals surface area contributed by atoms with Gasteiger partial charge in [0.25, 0.3) is 0 Å². The Balaban J connectivity index is 2.78. The molecule has 1 unspecified atom stereocenters. The summed E-state index contributed by atoms with van der Waals surface area (Å²) in [6, 6.07) is 0. The highest BCUT2D eigenvalue weighted by Gasteiger charge is 2.14. The highest BCUT2D eigenvalue weighted by molar-refractivity contribution is 5.20. The van der Waals surface area contributed by atoms with Crippen LogP contribution in [0.15, 0.2) is 17.8 Å². The van der Waals surface area contributed by atoms with Gasteiger partial charge in [0.05, 0.1) is 0 Å². The Hall–Kier alpha value is -0.760. The lowest BCUT2D eigenvalue weighted by Gasteiger charge is -2.23. The van der Waals surface area contributed by atoms with Gasteiger partial charge in [-0.3, -0.25) is 0 Å². The van der Waals surface area contributed by atoms with E-state index in [0.29, 0.717) is 0 Å². The molecule has 0 aromatic carbocycles. The van der Waals surface area contributed by atoms with Crippen molar-refractivity contribution in [1.29, 1.82) is 0 Å². The second-order valence-electron chi connectivity index (χ2n) is 2.49. The van der Waals surface area contributed by atoms with Crippen LogP contribution in [0.1, 0.15) is 13.8 Å². The number of dihydropyridines is 1. The van der Waals surface area contributed by atoms with E-state index in [1.54, 1.807) is 0 Å². The van der Waals surface area contributed by atoms with Gasteiger partial charge in [-0.1, -0.05) is 0 Å². The van der Waals surface area contributed by atoms with E-state index in [4.69, 9.17) is 5.73 Å². The second kappa shape index (κ2) is 1.88. The molecule has 0 aromatic heterocycles. The van der Waals surface area contributed by atoms with E-state index in [0.717, 1.165) is 5.57 Å². The number of nitrogens with two attached hydrogens (primary N) is 1. The predicted octanol–water partition coefficient (Wildman–Crippen LogP) is 0.528. The fourth-order valence-electron chi connectivity index (χ4n) is 0.827. The van der Waals surface area contributed by atoms with Crippen molar-refractivity contribution in [3.05, 3.63) is 23.9 Å². The van der Waals surface area contributed by atoms with Crippen LogP contribution in [0.2, 0.25) is 0 Å². The van der Waals surface area contributed by atoms with Gasteiger partial charge in [0, 0.05) is 6.08 Å². The minimum atomic E-state index is -0.473. The Labute approximate surface area is 55.4 Å². The molecule has 3 N–H and O–H groups in total. The Kier molecular flexibility index (Phi) is 1.33. The molecule has 0 aliphatic carbocycles. The molecule has 0 amide bonds. The van der Waals surface area contributed by atoms with E-state index in [1.807, 2.05) is 26.1 Å². The van der Waals surface area contributed by atoms with Crippen LogP contribution in [-0.2, 0) is 0 Å². The first-order valence-electron chi connectivity index (χ1n) is 2.95. The second-order valence-corrected chi connectivity index (χ2v) is 2.49. The molecule has 9 heavy (non-hydrogen) atoms. The van der Waals surface area contributed by atoms with Crippen molar-refractivity contribution in [3.8, 4) is 0 Å². The van der Waals surface area contributed by atoms with Gasteiger partial charge in [0.2, 0.25) is 0 Å². The summed E-state index contributed by atoms with van der Waals surface area (Å²) in [5.41, 5.74) is 6.28. The molecular weight excluding hydrogens is 112 g/mol. The molecule has 0 bridgehead atoms. The summed E-state index contributed by atoms with van der Waals surface area (Å²) in [7, 11) is 0. The van der Waals surface area contributed by atoms with Crippen LogP contribution in [-0.4, -0.2) is 5.66 Å². The predicted molar refractivity (Wildman–Crippen MR) is 37.3 cm³/mol. The maximum Gasteiger partial charge on any atom is 0.109 e. The average molecular weight is 123 g/mol. The van der Waals surface area contributed by atoms with Crippen molar-refractivity contribution < 1.29 is 0 Å². The van der Waals surface area contributed by atoms with Crippen molar-refractivity contribution in [1.82, 2.24) is 5.32 Å². The molecule has 0 saturated heterocycles. The molecule has 0 spiro atoms. The number of hydrogen-bond donors (Lipinski definition) is 2. The standard InChI is InChI=1S/C7H11N2/c1-6-3-4-9-7(2,8)5-6/h3-4,9H,8H2,1-2H3. The van der Waals surface area contributed by atoms with Gasteiger partial charge in [-0.05, 0) is 31.7 Å². The maximum absolute atomic E-state index is 5.67. The SMILES string of the molecule is CC1=[C]C(C)(N)NC=C1. The molecule has 1 aliphatic rings. The van der Waals surface area contributed by atoms with E-state index >= 15 is 0 Å². The quantitative estimate of drug-likeness (QED) is 0.493. The van der Waals surface area contributed by atoms with Gasteiger partial charge in [0.1, 0.15) is 5.66 Å². The molecule has 0 saturated carbocycles. The normalized spacial score (nSPS) is 33.4. The third-order valence-electron chi connectivity index (χ3n) is 1.17. The van der Waals surface area contributed by atoms with Crippen molar-refractivity contribution in [2.24, 2.45) is 5.73 Å². The molecule has 49 valence electrons. The highest BCUT2D eigenvalue weighted by atomic mass is 15.1. The van der Waals surface area contributed by atoms with Gasteiger partial charge in [-0.2, -0.15) is 0 Å². The largest absolute Gasteiger partial charge is 0.370 e. The molecule has 0 fully saturated rings. The van der Waals surface area contributed by atoms with Crippen molar-refractivity contribution in [2.75, 3.05) is 0 Å². The first kappa shape index (κ1) is 6.36. The Morgan fingerprint density at radius 2 is 2.44 bits per heavy atom. The van der Waals surface area contributed by atoms with Crippen LogP contribution in [0.5, 0.6) is 0 Å². The molecule has 0 aromatic rings. The average Bonchev–Trinajstić information content (AvgIpc) is 1.60. The first-order chi connectivity index (χ1) is 4.10. The van der Waals surface area contributed by atoms with Crippen LogP contribution in [0, 0.1) is 6.08 Å². The van der Waals surface area contributed by atoms with E-state index in [-0.39, 0.29) is 0 Å². The molecule has 2 heteroatoms. The number of allylic oxidation sites excluding steroid dienone is 2. The van der Waals surface area contributed by atoms with E-state index in [2.05, 4.69) is 11.4 Å². The van der Waals surface area contributed by atoms with Crippen LogP contribution in [0.25, 0.3) is 0 Å². The van der Waals surface area contributed by atoms with Crippen molar-refractivity contribution in [2.45, 2.75) is 19.5 Å². The van der Waals surface area contributed by atoms with E-state index in [1.165, 1.54) is 0 Å². The minimum absolute atomic E-state index is 0.473. The lowest BCUT2D eigenvalue weighted by atomic mass is 10.1. The topological polar surface area (TPSA) is 38.0 Å². The highest BCUT2D eigenvalue weighted by Crippen LogP contribution is 2.06. The summed E-state index contributed by atoms with van der Waals surface area (Å²) in [5.74, 6) is 0. The lowest BCUT2D eigenvalue weighted by Crippen LogP contribution is -2.48. The summed E-state index contributed by atoms with van der Waals surface area (Å²) >= 11 is 0. The lowest BCUT2D eigenvalue weighted by molar-refractivity contribution is 0.498. The van der Waals surface area contributed by atoms with Crippen molar-refractivity contribution in [3.63, 3.8) is 0 Å². The summed E-state index contributed by atoms with van der Waals surface area (Å²) in [6.07, 6.45) is 6.83. The molecule has 2 nitrogen and oxygen atoms in total. The molecule has 1 atom stereocenters. The van der Waals surface area contributed by atoms with Gasteiger partial charge < -0.3 is 11.1 Å². The van der Waals surface area contributed by atoms with Crippen molar-refractivity contribution >= 4 is 0 Å². The van der Waals surface area contributed by atoms with Gasteiger partial charge in [-0.25, -0.2) is 0 Å². The van der Waals surface area contributed by atoms with Crippen LogP contribution in [0.3, 0.4) is 0 Å². The van der Waals surface area contributed by atoms with Crippen LogP contribution >= 0.6 is 0 Å². The zero-order chi connectivity index (χ0) is 6.91. The molecular formula is C7H11N2. The fraction of sp³-hybridized carbons (Fsp3) is 0.429. The summed E-state index contributed by atoms with van der Waals surface area (Å²) in [4.78, 5) is 0. The monoisotopic (exact) mass is 123 g/mol. The van der Waals surface area contributed by atoms with E-state index in [9.17, 15) is 0 Å². The van der Waals surface area contributed by atoms with Crippen LogP contribution in [0.4, 0.5) is 0 Å². The van der Waals surface area contributed by atoms with Gasteiger partial charge in [-0.15, -0.1) is 0 Å². The summed E-state index contributed by atoms with van der Waals surface area (Å²) in [6.45, 7) is 3.85. The Bertz CT molecular complexity index is 166. The smallest absolute Gasteiger partial charge is 0.109 e. The minimum Gasteiger partial charge on any atom is -0.370 e. The zero-order valence-corrected chi connectivity index (χ0v) is 5.73. The molecule has 1 heterocycles. The van der Waals surface area contributed by atoms with Gasteiger partial charge in [0.15, 0.2) is 0 Å². The van der Waals surface area contributed by atoms with E-state index < -0.39 is 5.66 Å². The molecule has 1 aliphatic heterocycles. The van der Waals surface area contributed by atoms with Crippen LogP contribution < -0.4 is 11.1 Å². The molecule has 1 radical (unpaired) electrons. The third-order valence-corrected chi connectivity index (χ3v) is 1.17. The third kappa shape index (κ3) is 1.57. The first-order valence-corrected chi connectivity index (χ1v) is 2.95. The molecule has 1 rings (SSSR count). The zero-order valence-electron chi connectivity index (χ0n) is 5.73. The summed E-state index contributed by atoms with van der Waals surface area (Å²) in [5, 5.41) is 2.95. The fourth-order valence-corrected chi connectivity index (χ4v) is 0.827. The Morgan fingerprint density at radius 3 is 2.78 bits per heavy atom. The number of hydrogen-bond acceptors (Lipinski definition) is 2. The Morgan fingerprint density at radius 1 is 1.78 bits per heavy atom. The maximum atomic E-state index is 5.67.